The van der Waals surface area contributed by atoms with Crippen molar-refractivity contribution >= 4 is 17.5 Å². The fourth-order valence-corrected chi connectivity index (χ4v) is 2.63. The van der Waals surface area contributed by atoms with Crippen molar-refractivity contribution in [2.75, 3.05) is 19.8 Å². The quantitative estimate of drug-likeness (QED) is 0.867. The van der Waals surface area contributed by atoms with Crippen LogP contribution in [0.25, 0.3) is 11.3 Å². The van der Waals surface area contributed by atoms with Gasteiger partial charge in [-0.2, -0.15) is 0 Å². The lowest BCUT2D eigenvalue weighted by Gasteiger charge is -2.22. The van der Waals surface area contributed by atoms with Crippen molar-refractivity contribution in [2.45, 2.75) is 25.6 Å². The number of benzene rings is 1. The van der Waals surface area contributed by atoms with Gasteiger partial charge in [0.15, 0.2) is 11.5 Å². The Balaban J connectivity index is 1.49. The lowest BCUT2D eigenvalue weighted by atomic mass is 10.1. The Hall–Kier alpha value is -1.89. The first-order valence-electron chi connectivity index (χ1n) is 7.80. The van der Waals surface area contributed by atoms with Crippen molar-refractivity contribution in [3.05, 3.63) is 41.0 Å². The molecule has 24 heavy (non-hydrogen) atoms. The monoisotopic (exact) mass is 350 g/mol. The van der Waals surface area contributed by atoms with Crippen molar-refractivity contribution in [1.82, 2.24) is 10.5 Å². The molecule has 0 radical (unpaired) electrons. The van der Waals surface area contributed by atoms with Crippen LogP contribution in [-0.4, -0.2) is 36.6 Å². The molecule has 6 nitrogen and oxygen atoms in total. The summed E-state index contributed by atoms with van der Waals surface area (Å²) in [7, 11) is 0. The van der Waals surface area contributed by atoms with Crippen LogP contribution in [0.4, 0.5) is 0 Å². The lowest BCUT2D eigenvalue weighted by Crippen LogP contribution is -2.34. The molecule has 0 spiro atoms. The standard InChI is InChI=1S/C17H19ClN2O4/c1-17(22-8-9-23-17)6-7-19-16(21)11-14-10-15(24-20-14)12-2-4-13(18)5-3-12/h2-5,10H,6-9,11H2,1H3,(H,19,21). The Kier molecular flexibility index (Phi) is 5.18. The third-order valence-electron chi connectivity index (χ3n) is 3.83. The molecule has 7 heteroatoms. The number of rotatable bonds is 6. The van der Waals surface area contributed by atoms with Crippen molar-refractivity contribution < 1.29 is 18.8 Å². The Morgan fingerprint density at radius 3 is 2.71 bits per heavy atom. The topological polar surface area (TPSA) is 73.6 Å². The van der Waals surface area contributed by atoms with Crippen LogP contribution in [0.2, 0.25) is 5.02 Å². The minimum Gasteiger partial charge on any atom is -0.356 e. The molecule has 128 valence electrons. The van der Waals surface area contributed by atoms with Crippen LogP contribution < -0.4 is 5.32 Å². The van der Waals surface area contributed by atoms with Crippen LogP contribution in [0.5, 0.6) is 0 Å². The van der Waals surface area contributed by atoms with Gasteiger partial charge in [0.25, 0.3) is 0 Å². The SMILES string of the molecule is CC1(CCNC(=O)Cc2cc(-c3ccc(Cl)cc3)on2)OCCO1. The van der Waals surface area contributed by atoms with Gasteiger partial charge in [0, 0.05) is 29.6 Å². The summed E-state index contributed by atoms with van der Waals surface area (Å²) in [5, 5.41) is 7.43. The molecule has 0 saturated carbocycles. The molecule has 0 unspecified atom stereocenters. The Morgan fingerprint density at radius 2 is 2.00 bits per heavy atom. The van der Waals surface area contributed by atoms with Crippen molar-refractivity contribution in [1.29, 1.82) is 0 Å². The first-order chi connectivity index (χ1) is 11.5. The van der Waals surface area contributed by atoms with Gasteiger partial charge < -0.3 is 19.3 Å². The highest BCUT2D eigenvalue weighted by molar-refractivity contribution is 6.30. The summed E-state index contributed by atoms with van der Waals surface area (Å²) in [5.41, 5.74) is 1.44. The molecule has 2 aromatic rings. The summed E-state index contributed by atoms with van der Waals surface area (Å²) < 4.78 is 16.3. The summed E-state index contributed by atoms with van der Waals surface area (Å²) in [6, 6.07) is 9.00. The van der Waals surface area contributed by atoms with E-state index in [1.54, 1.807) is 18.2 Å². The molecule has 1 aromatic heterocycles. The van der Waals surface area contributed by atoms with E-state index in [1.807, 2.05) is 19.1 Å². The maximum Gasteiger partial charge on any atom is 0.226 e. The van der Waals surface area contributed by atoms with Gasteiger partial charge in [-0.3, -0.25) is 4.79 Å². The van der Waals surface area contributed by atoms with Gasteiger partial charge in [-0.25, -0.2) is 0 Å². The molecule has 1 fully saturated rings. The second-order valence-corrected chi connectivity index (χ2v) is 6.23. The first kappa shape index (κ1) is 17.0. The molecule has 3 rings (SSSR count). The van der Waals surface area contributed by atoms with Gasteiger partial charge in [-0.05, 0) is 31.2 Å². The Labute approximate surface area is 145 Å². The van der Waals surface area contributed by atoms with Crippen molar-refractivity contribution in [2.24, 2.45) is 0 Å². The van der Waals surface area contributed by atoms with E-state index in [0.29, 0.717) is 42.7 Å². The number of nitrogens with zero attached hydrogens (tertiary/aromatic N) is 1. The third-order valence-corrected chi connectivity index (χ3v) is 4.08. The van der Waals surface area contributed by atoms with E-state index in [4.69, 9.17) is 25.6 Å². The number of carbonyl (C=O) groups is 1. The van der Waals surface area contributed by atoms with Crippen LogP contribution in [0.15, 0.2) is 34.9 Å². The van der Waals surface area contributed by atoms with E-state index < -0.39 is 5.79 Å². The van der Waals surface area contributed by atoms with Gasteiger partial charge in [0.2, 0.25) is 5.91 Å². The molecule has 1 saturated heterocycles. The molecule has 1 amide bonds. The largest absolute Gasteiger partial charge is 0.356 e. The van der Waals surface area contributed by atoms with E-state index in [0.717, 1.165) is 5.56 Å². The molecule has 1 aromatic carbocycles. The summed E-state index contributed by atoms with van der Waals surface area (Å²) in [4.78, 5) is 12.0. The fourth-order valence-electron chi connectivity index (χ4n) is 2.50. The van der Waals surface area contributed by atoms with Crippen LogP contribution in [-0.2, 0) is 20.7 Å². The van der Waals surface area contributed by atoms with E-state index in [9.17, 15) is 4.79 Å². The summed E-state index contributed by atoms with van der Waals surface area (Å²) in [6.07, 6.45) is 0.767. The molecular weight excluding hydrogens is 332 g/mol. The highest BCUT2D eigenvalue weighted by Gasteiger charge is 2.30. The molecule has 2 heterocycles. The van der Waals surface area contributed by atoms with Gasteiger partial charge in [-0.1, -0.05) is 16.8 Å². The van der Waals surface area contributed by atoms with E-state index in [2.05, 4.69) is 10.5 Å². The molecule has 1 N–H and O–H groups in total. The summed E-state index contributed by atoms with van der Waals surface area (Å²) in [6.45, 7) is 3.55. The molecular formula is C17H19ClN2O4. The normalized spacial score (nSPS) is 16.2. The number of ether oxygens (including phenoxy) is 2. The molecule has 0 bridgehead atoms. The predicted octanol–water partition coefficient (Wildman–Crippen LogP) is 2.81. The number of halogens is 1. The second kappa shape index (κ2) is 7.34. The average molecular weight is 351 g/mol. The Morgan fingerprint density at radius 1 is 1.29 bits per heavy atom. The van der Waals surface area contributed by atoms with E-state index in [-0.39, 0.29) is 12.3 Å². The maximum atomic E-state index is 12.0. The van der Waals surface area contributed by atoms with E-state index in [1.165, 1.54) is 0 Å². The van der Waals surface area contributed by atoms with Crippen LogP contribution >= 0.6 is 11.6 Å². The van der Waals surface area contributed by atoms with Crippen molar-refractivity contribution in [3.63, 3.8) is 0 Å². The van der Waals surface area contributed by atoms with Gasteiger partial charge in [-0.15, -0.1) is 0 Å². The number of hydrogen-bond donors (Lipinski definition) is 1. The zero-order valence-electron chi connectivity index (χ0n) is 13.4. The zero-order chi connectivity index (χ0) is 17.0. The summed E-state index contributed by atoms with van der Waals surface area (Å²) in [5.74, 6) is -0.106. The van der Waals surface area contributed by atoms with Crippen LogP contribution in [0.1, 0.15) is 19.0 Å². The number of aromatic nitrogens is 1. The van der Waals surface area contributed by atoms with Gasteiger partial charge in [0.05, 0.1) is 25.3 Å². The Bertz CT molecular complexity index is 693. The van der Waals surface area contributed by atoms with Crippen LogP contribution in [0, 0.1) is 0 Å². The lowest BCUT2D eigenvalue weighted by molar-refractivity contribution is -0.146. The third kappa shape index (κ3) is 4.35. The summed E-state index contributed by atoms with van der Waals surface area (Å²) >= 11 is 5.86. The number of amides is 1. The minimum atomic E-state index is -0.594. The minimum absolute atomic E-state index is 0.118. The number of hydrogen-bond acceptors (Lipinski definition) is 5. The molecule has 1 aliphatic heterocycles. The zero-order valence-corrected chi connectivity index (χ0v) is 14.1. The number of nitrogens with one attached hydrogen (secondary N) is 1. The highest BCUT2D eigenvalue weighted by Crippen LogP contribution is 2.23. The smallest absolute Gasteiger partial charge is 0.226 e. The maximum absolute atomic E-state index is 12.0. The average Bonchev–Trinajstić information content (AvgIpc) is 3.18. The van der Waals surface area contributed by atoms with Gasteiger partial charge >= 0.3 is 0 Å². The molecule has 0 aliphatic carbocycles. The molecule has 0 atom stereocenters. The van der Waals surface area contributed by atoms with Gasteiger partial charge in [0.1, 0.15) is 0 Å². The molecule has 1 aliphatic rings. The van der Waals surface area contributed by atoms with E-state index >= 15 is 0 Å². The fraction of sp³-hybridized carbons (Fsp3) is 0.412. The highest BCUT2D eigenvalue weighted by atomic mass is 35.5. The van der Waals surface area contributed by atoms with Crippen LogP contribution in [0.3, 0.4) is 0 Å². The van der Waals surface area contributed by atoms with Crippen molar-refractivity contribution in [3.8, 4) is 11.3 Å². The number of carbonyl (C=O) groups excluding carboxylic acids is 1. The first-order valence-corrected chi connectivity index (χ1v) is 8.18. The predicted molar refractivity (Wildman–Crippen MR) is 88.6 cm³/mol. The second-order valence-electron chi connectivity index (χ2n) is 5.80.